The summed E-state index contributed by atoms with van der Waals surface area (Å²) in [7, 11) is 0. The minimum absolute atomic E-state index is 0.172. The molecule has 0 saturated heterocycles. The molecule has 0 bridgehead atoms. The van der Waals surface area contributed by atoms with Gasteiger partial charge in [0, 0.05) is 12.5 Å². The Morgan fingerprint density at radius 3 is 2.50 bits per heavy atom. The van der Waals surface area contributed by atoms with Crippen LogP contribution in [0.2, 0.25) is 0 Å². The molecule has 1 N–H and O–H groups in total. The quantitative estimate of drug-likeness (QED) is 0.833. The number of benzene rings is 1. The van der Waals surface area contributed by atoms with Crippen LogP contribution in [0.1, 0.15) is 19.3 Å². The van der Waals surface area contributed by atoms with Crippen LogP contribution in [0.3, 0.4) is 0 Å². The van der Waals surface area contributed by atoms with Crippen molar-refractivity contribution in [2.24, 2.45) is 11.8 Å². The number of ether oxygens (including phenoxy) is 1. The van der Waals surface area contributed by atoms with Crippen molar-refractivity contribution >= 4 is 0 Å². The summed E-state index contributed by atoms with van der Waals surface area (Å²) in [6.07, 6.45) is 3.65. The predicted octanol–water partition coefficient (Wildman–Crippen LogP) is 2.61. The van der Waals surface area contributed by atoms with Crippen molar-refractivity contribution in [2.45, 2.75) is 19.3 Å². The first-order valence-corrected chi connectivity index (χ1v) is 5.79. The fourth-order valence-corrected chi connectivity index (χ4v) is 1.98. The summed E-state index contributed by atoms with van der Waals surface area (Å²) in [5, 5.41) is 9.24. The highest BCUT2D eigenvalue weighted by Gasteiger charge is 2.27. The second-order valence-corrected chi connectivity index (χ2v) is 4.40. The Morgan fingerprint density at radius 1 is 1.31 bits per heavy atom. The van der Waals surface area contributed by atoms with Crippen LogP contribution in [-0.4, -0.2) is 18.3 Å². The summed E-state index contributed by atoms with van der Waals surface area (Å²) in [5.41, 5.74) is 0. The van der Waals surface area contributed by atoms with E-state index in [9.17, 15) is 9.50 Å². The van der Waals surface area contributed by atoms with Crippen LogP contribution in [0.15, 0.2) is 24.3 Å². The van der Waals surface area contributed by atoms with E-state index < -0.39 is 0 Å². The van der Waals surface area contributed by atoms with E-state index in [-0.39, 0.29) is 18.3 Å². The van der Waals surface area contributed by atoms with Gasteiger partial charge in [-0.15, -0.1) is 0 Å². The maximum Gasteiger partial charge on any atom is 0.123 e. The van der Waals surface area contributed by atoms with E-state index in [2.05, 4.69) is 0 Å². The Hall–Kier alpha value is -1.09. The van der Waals surface area contributed by atoms with Crippen molar-refractivity contribution in [1.82, 2.24) is 0 Å². The maximum atomic E-state index is 12.6. The largest absolute Gasteiger partial charge is 0.493 e. The molecule has 0 aromatic heterocycles. The number of hydrogen-bond donors (Lipinski definition) is 1. The lowest BCUT2D eigenvalue weighted by atomic mass is 9.76. The van der Waals surface area contributed by atoms with E-state index in [1.54, 1.807) is 12.1 Å². The average molecular weight is 224 g/mol. The minimum Gasteiger partial charge on any atom is -0.493 e. The molecule has 0 heterocycles. The molecule has 2 nitrogen and oxygen atoms in total. The third-order valence-electron chi connectivity index (χ3n) is 3.33. The zero-order valence-corrected chi connectivity index (χ0v) is 9.23. The molecular weight excluding hydrogens is 207 g/mol. The summed E-state index contributed by atoms with van der Waals surface area (Å²) in [6.45, 7) is 0.693. The monoisotopic (exact) mass is 224 g/mol. The highest BCUT2D eigenvalue weighted by molar-refractivity contribution is 5.22. The van der Waals surface area contributed by atoms with Crippen molar-refractivity contribution in [1.29, 1.82) is 0 Å². The van der Waals surface area contributed by atoms with Crippen LogP contribution in [0.25, 0.3) is 0 Å². The van der Waals surface area contributed by atoms with Gasteiger partial charge in [0.1, 0.15) is 11.6 Å². The van der Waals surface area contributed by atoms with Gasteiger partial charge in [0.05, 0.1) is 6.61 Å². The van der Waals surface area contributed by atoms with Gasteiger partial charge in [-0.2, -0.15) is 0 Å². The molecule has 2 rings (SSSR count). The van der Waals surface area contributed by atoms with Crippen LogP contribution < -0.4 is 4.74 Å². The van der Waals surface area contributed by atoms with Crippen LogP contribution in [0.4, 0.5) is 4.39 Å². The SMILES string of the molecule is OCC(COc1ccc(F)cc1)C1CCC1. The van der Waals surface area contributed by atoms with Gasteiger partial charge in [0.15, 0.2) is 0 Å². The Bertz CT molecular complexity index is 319. The molecule has 1 aliphatic rings. The number of aliphatic hydroxyl groups excluding tert-OH is 1. The third-order valence-corrected chi connectivity index (χ3v) is 3.33. The zero-order chi connectivity index (χ0) is 11.4. The van der Waals surface area contributed by atoms with Gasteiger partial charge in [0.25, 0.3) is 0 Å². The van der Waals surface area contributed by atoms with E-state index in [1.807, 2.05) is 0 Å². The fraction of sp³-hybridized carbons (Fsp3) is 0.538. The molecule has 0 radical (unpaired) electrons. The molecule has 88 valence electrons. The third kappa shape index (κ3) is 2.73. The minimum atomic E-state index is -0.259. The van der Waals surface area contributed by atoms with Crippen molar-refractivity contribution in [3.8, 4) is 5.75 Å². The molecule has 1 saturated carbocycles. The highest BCUT2D eigenvalue weighted by atomic mass is 19.1. The Balaban J connectivity index is 1.83. The van der Waals surface area contributed by atoms with E-state index >= 15 is 0 Å². The summed E-state index contributed by atoms with van der Waals surface area (Å²) >= 11 is 0. The number of aliphatic hydroxyl groups is 1. The maximum absolute atomic E-state index is 12.6. The summed E-state index contributed by atoms with van der Waals surface area (Å²) in [4.78, 5) is 0. The van der Waals surface area contributed by atoms with E-state index in [1.165, 1.54) is 31.4 Å². The van der Waals surface area contributed by atoms with Gasteiger partial charge in [-0.1, -0.05) is 6.42 Å². The van der Waals surface area contributed by atoms with Crippen LogP contribution in [0.5, 0.6) is 5.75 Å². The first-order valence-electron chi connectivity index (χ1n) is 5.79. The van der Waals surface area contributed by atoms with Crippen molar-refractivity contribution in [3.63, 3.8) is 0 Å². The summed E-state index contributed by atoms with van der Waals surface area (Å²) in [6, 6.07) is 5.99. The number of halogens is 1. The zero-order valence-electron chi connectivity index (χ0n) is 9.23. The average Bonchev–Trinajstić information content (AvgIpc) is 2.23. The molecule has 3 heteroatoms. The van der Waals surface area contributed by atoms with Gasteiger partial charge in [-0.05, 0) is 43.0 Å². The fourth-order valence-electron chi connectivity index (χ4n) is 1.98. The smallest absolute Gasteiger partial charge is 0.123 e. The second-order valence-electron chi connectivity index (χ2n) is 4.40. The van der Waals surface area contributed by atoms with E-state index in [0.29, 0.717) is 18.3 Å². The highest BCUT2D eigenvalue weighted by Crippen LogP contribution is 2.33. The Morgan fingerprint density at radius 2 is 2.00 bits per heavy atom. The number of rotatable bonds is 5. The molecule has 0 spiro atoms. The van der Waals surface area contributed by atoms with Crippen molar-refractivity contribution < 1.29 is 14.2 Å². The van der Waals surface area contributed by atoms with Crippen molar-refractivity contribution in [2.75, 3.05) is 13.2 Å². The molecule has 1 aromatic carbocycles. The predicted molar refractivity (Wildman–Crippen MR) is 59.8 cm³/mol. The molecule has 1 aliphatic carbocycles. The molecular formula is C13H17FO2. The molecule has 16 heavy (non-hydrogen) atoms. The molecule has 1 unspecified atom stereocenters. The standard InChI is InChI=1S/C13H17FO2/c14-12-4-6-13(7-5-12)16-9-11(8-15)10-2-1-3-10/h4-7,10-11,15H,1-3,8-9H2. The Kier molecular flexibility index (Phi) is 3.78. The topological polar surface area (TPSA) is 29.5 Å². The molecule has 1 atom stereocenters. The van der Waals surface area contributed by atoms with Crippen LogP contribution in [-0.2, 0) is 0 Å². The summed E-state index contributed by atoms with van der Waals surface area (Å²) < 4.78 is 18.2. The van der Waals surface area contributed by atoms with Crippen LogP contribution >= 0.6 is 0 Å². The normalized spacial score (nSPS) is 17.9. The first kappa shape index (κ1) is 11.4. The molecule has 1 aromatic rings. The van der Waals surface area contributed by atoms with Gasteiger partial charge < -0.3 is 9.84 Å². The molecule has 0 aliphatic heterocycles. The Labute approximate surface area is 95.1 Å². The molecule has 1 fully saturated rings. The van der Waals surface area contributed by atoms with Crippen LogP contribution in [0, 0.1) is 17.7 Å². The number of hydrogen-bond acceptors (Lipinski definition) is 2. The van der Waals surface area contributed by atoms with Gasteiger partial charge in [-0.3, -0.25) is 0 Å². The van der Waals surface area contributed by atoms with E-state index in [4.69, 9.17) is 4.74 Å². The summed E-state index contributed by atoms with van der Waals surface area (Å²) in [5.74, 6) is 1.23. The van der Waals surface area contributed by atoms with Crippen molar-refractivity contribution in [3.05, 3.63) is 30.1 Å². The lowest BCUT2D eigenvalue weighted by Crippen LogP contribution is -2.29. The first-order chi connectivity index (χ1) is 7.79. The van der Waals surface area contributed by atoms with Gasteiger partial charge in [0.2, 0.25) is 0 Å². The van der Waals surface area contributed by atoms with Gasteiger partial charge in [-0.25, -0.2) is 4.39 Å². The lowest BCUT2D eigenvalue weighted by molar-refractivity contribution is 0.0795. The second kappa shape index (κ2) is 5.30. The van der Waals surface area contributed by atoms with Gasteiger partial charge >= 0.3 is 0 Å². The molecule has 0 amide bonds. The lowest BCUT2D eigenvalue weighted by Gasteiger charge is -2.32. The van der Waals surface area contributed by atoms with E-state index in [0.717, 1.165) is 0 Å².